The third kappa shape index (κ3) is 2.60. The fourth-order valence-electron chi connectivity index (χ4n) is 4.67. The van der Waals surface area contributed by atoms with E-state index in [1.54, 1.807) is 0 Å². The Balaban J connectivity index is 1.57. The van der Waals surface area contributed by atoms with Gasteiger partial charge >= 0.3 is 0 Å². The molecule has 3 fully saturated rings. The van der Waals surface area contributed by atoms with Gasteiger partial charge < -0.3 is 10.2 Å². The number of rotatable bonds is 3. The van der Waals surface area contributed by atoms with Crippen molar-refractivity contribution in [1.82, 2.24) is 10.2 Å². The first-order valence-electron chi connectivity index (χ1n) is 8.29. The highest BCUT2D eigenvalue weighted by atomic mass is 15.2. The molecule has 0 radical (unpaired) electrons. The van der Waals surface area contributed by atoms with Gasteiger partial charge in [0.25, 0.3) is 0 Å². The van der Waals surface area contributed by atoms with Gasteiger partial charge in [0, 0.05) is 18.6 Å². The summed E-state index contributed by atoms with van der Waals surface area (Å²) in [7, 11) is 0. The van der Waals surface area contributed by atoms with Gasteiger partial charge in [-0.3, -0.25) is 0 Å². The molecule has 3 aliphatic rings. The SMILES string of the molecule is CCC1(CN2CCC3CCCCC3C2)CCCN1. The molecular formula is C16H30N2. The third-order valence-electron chi connectivity index (χ3n) is 5.91. The van der Waals surface area contributed by atoms with Crippen molar-refractivity contribution >= 4 is 0 Å². The van der Waals surface area contributed by atoms with Crippen molar-refractivity contribution in [1.29, 1.82) is 0 Å². The largest absolute Gasteiger partial charge is 0.310 e. The Bertz CT molecular complexity index is 270. The number of hydrogen-bond donors (Lipinski definition) is 1. The molecule has 2 nitrogen and oxygen atoms in total. The van der Waals surface area contributed by atoms with Crippen molar-refractivity contribution < 1.29 is 0 Å². The molecule has 0 bridgehead atoms. The molecular weight excluding hydrogens is 220 g/mol. The average molecular weight is 250 g/mol. The summed E-state index contributed by atoms with van der Waals surface area (Å²) >= 11 is 0. The molecule has 18 heavy (non-hydrogen) atoms. The zero-order valence-corrected chi connectivity index (χ0v) is 12.1. The molecule has 1 N–H and O–H groups in total. The molecule has 1 saturated carbocycles. The van der Waals surface area contributed by atoms with Crippen molar-refractivity contribution in [2.75, 3.05) is 26.2 Å². The van der Waals surface area contributed by atoms with Crippen LogP contribution >= 0.6 is 0 Å². The highest BCUT2D eigenvalue weighted by molar-refractivity contribution is 4.96. The first-order valence-corrected chi connectivity index (χ1v) is 8.29. The van der Waals surface area contributed by atoms with Crippen LogP contribution in [0.2, 0.25) is 0 Å². The minimum atomic E-state index is 0.460. The Kier molecular flexibility index (Phi) is 3.95. The summed E-state index contributed by atoms with van der Waals surface area (Å²) in [5.41, 5.74) is 0.460. The molecule has 3 unspecified atom stereocenters. The van der Waals surface area contributed by atoms with Crippen molar-refractivity contribution in [3.8, 4) is 0 Å². The normalized spacial score (nSPS) is 41.8. The van der Waals surface area contributed by atoms with E-state index in [2.05, 4.69) is 17.1 Å². The van der Waals surface area contributed by atoms with Gasteiger partial charge in [0.05, 0.1) is 0 Å². The van der Waals surface area contributed by atoms with Crippen LogP contribution in [0.1, 0.15) is 58.3 Å². The molecule has 0 spiro atoms. The summed E-state index contributed by atoms with van der Waals surface area (Å²) in [5, 5.41) is 3.80. The van der Waals surface area contributed by atoms with E-state index in [0.29, 0.717) is 5.54 Å². The molecule has 2 aliphatic heterocycles. The number of likely N-dealkylation sites (tertiary alicyclic amines) is 1. The molecule has 3 rings (SSSR count). The minimum absolute atomic E-state index is 0.460. The molecule has 104 valence electrons. The molecule has 2 heteroatoms. The lowest BCUT2D eigenvalue weighted by atomic mass is 9.75. The van der Waals surface area contributed by atoms with Gasteiger partial charge in [-0.25, -0.2) is 0 Å². The highest BCUT2D eigenvalue weighted by Gasteiger charge is 2.37. The van der Waals surface area contributed by atoms with Crippen LogP contribution in [0, 0.1) is 11.8 Å². The average Bonchev–Trinajstić information content (AvgIpc) is 2.88. The molecule has 1 aliphatic carbocycles. The van der Waals surface area contributed by atoms with E-state index in [1.807, 2.05) is 0 Å². The van der Waals surface area contributed by atoms with Gasteiger partial charge in [0.2, 0.25) is 0 Å². The maximum Gasteiger partial charge on any atom is 0.0306 e. The monoisotopic (exact) mass is 250 g/mol. The predicted molar refractivity (Wildman–Crippen MR) is 76.8 cm³/mol. The molecule has 0 aromatic rings. The number of nitrogens with one attached hydrogen (secondary N) is 1. The summed E-state index contributed by atoms with van der Waals surface area (Å²) in [6.07, 6.45) is 11.6. The summed E-state index contributed by atoms with van der Waals surface area (Å²) in [6, 6.07) is 0. The van der Waals surface area contributed by atoms with Crippen LogP contribution in [0.3, 0.4) is 0 Å². The quantitative estimate of drug-likeness (QED) is 0.828. The second-order valence-electron chi connectivity index (χ2n) is 6.99. The van der Waals surface area contributed by atoms with E-state index in [4.69, 9.17) is 0 Å². The lowest BCUT2D eigenvalue weighted by Crippen LogP contribution is -2.53. The maximum atomic E-state index is 3.80. The molecule has 0 aromatic carbocycles. The standard InChI is InChI=1S/C16H30N2/c1-2-16(9-5-10-17-16)13-18-11-8-14-6-3-4-7-15(14)12-18/h14-15,17H,2-13H2,1H3. The maximum absolute atomic E-state index is 3.80. The third-order valence-corrected chi connectivity index (χ3v) is 5.91. The van der Waals surface area contributed by atoms with Crippen LogP contribution in [0.5, 0.6) is 0 Å². The molecule has 2 saturated heterocycles. The van der Waals surface area contributed by atoms with Gasteiger partial charge in [-0.05, 0) is 57.0 Å². The number of fused-ring (bicyclic) bond motifs is 1. The minimum Gasteiger partial charge on any atom is -0.310 e. The molecule has 3 atom stereocenters. The summed E-state index contributed by atoms with van der Waals surface area (Å²) < 4.78 is 0. The Hall–Kier alpha value is -0.0800. The van der Waals surface area contributed by atoms with E-state index in [1.165, 1.54) is 77.5 Å². The molecule has 0 aromatic heterocycles. The van der Waals surface area contributed by atoms with Gasteiger partial charge in [-0.1, -0.05) is 26.2 Å². The van der Waals surface area contributed by atoms with Crippen LogP contribution in [0.25, 0.3) is 0 Å². The highest BCUT2D eigenvalue weighted by Crippen LogP contribution is 2.37. The van der Waals surface area contributed by atoms with E-state index in [9.17, 15) is 0 Å². The van der Waals surface area contributed by atoms with Crippen LogP contribution in [-0.2, 0) is 0 Å². The Labute approximate surface area is 113 Å². The van der Waals surface area contributed by atoms with Crippen molar-refractivity contribution in [3.05, 3.63) is 0 Å². The smallest absolute Gasteiger partial charge is 0.0306 e. The van der Waals surface area contributed by atoms with E-state index < -0.39 is 0 Å². The number of nitrogens with zero attached hydrogens (tertiary/aromatic N) is 1. The second-order valence-corrected chi connectivity index (χ2v) is 6.99. The van der Waals surface area contributed by atoms with Crippen molar-refractivity contribution in [2.24, 2.45) is 11.8 Å². The Morgan fingerprint density at radius 1 is 1.11 bits per heavy atom. The van der Waals surface area contributed by atoms with Gasteiger partial charge in [-0.2, -0.15) is 0 Å². The summed E-state index contributed by atoms with van der Waals surface area (Å²) in [5.74, 6) is 2.10. The molecule has 2 heterocycles. The van der Waals surface area contributed by atoms with Gasteiger partial charge in [-0.15, -0.1) is 0 Å². The summed E-state index contributed by atoms with van der Waals surface area (Å²) in [4.78, 5) is 2.79. The van der Waals surface area contributed by atoms with Crippen LogP contribution in [0.15, 0.2) is 0 Å². The fourth-order valence-corrected chi connectivity index (χ4v) is 4.67. The topological polar surface area (TPSA) is 15.3 Å². The lowest BCUT2D eigenvalue weighted by Gasteiger charge is -2.44. The number of hydrogen-bond acceptors (Lipinski definition) is 2. The van der Waals surface area contributed by atoms with Crippen LogP contribution < -0.4 is 5.32 Å². The summed E-state index contributed by atoms with van der Waals surface area (Å²) in [6.45, 7) is 7.69. The molecule has 0 amide bonds. The Morgan fingerprint density at radius 2 is 1.94 bits per heavy atom. The van der Waals surface area contributed by atoms with Crippen molar-refractivity contribution in [3.63, 3.8) is 0 Å². The van der Waals surface area contributed by atoms with Gasteiger partial charge in [0.1, 0.15) is 0 Å². The van der Waals surface area contributed by atoms with E-state index in [-0.39, 0.29) is 0 Å². The first-order chi connectivity index (χ1) is 8.81. The van der Waals surface area contributed by atoms with Crippen LogP contribution in [0.4, 0.5) is 0 Å². The Morgan fingerprint density at radius 3 is 2.67 bits per heavy atom. The van der Waals surface area contributed by atoms with E-state index >= 15 is 0 Å². The van der Waals surface area contributed by atoms with Gasteiger partial charge in [0.15, 0.2) is 0 Å². The van der Waals surface area contributed by atoms with E-state index in [0.717, 1.165) is 11.8 Å². The fraction of sp³-hybridized carbons (Fsp3) is 1.00. The first kappa shape index (κ1) is 12.9. The van der Waals surface area contributed by atoms with Crippen LogP contribution in [-0.4, -0.2) is 36.6 Å². The predicted octanol–water partition coefficient (Wildman–Crippen LogP) is 3.03. The van der Waals surface area contributed by atoms with Crippen molar-refractivity contribution in [2.45, 2.75) is 63.8 Å². The number of piperidine rings is 1. The lowest BCUT2D eigenvalue weighted by molar-refractivity contribution is 0.0657. The zero-order chi connectivity index (χ0) is 12.4. The second kappa shape index (κ2) is 5.50. The zero-order valence-electron chi connectivity index (χ0n) is 12.1.